The number of benzene rings is 1. The van der Waals surface area contributed by atoms with Crippen molar-refractivity contribution in [1.29, 1.82) is 0 Å². The first-order valence-corrected chi connectivity index (χ1v) is 5.53. The Bertz CT molecular complexity index is 356. The van der Waals surface area contributed by atoms with Crippen LogP contribution >= 0.6 is 0 Å². The maximum absolute atomic E-state index is 11.6. The van der Waals surface area contributed by atoms with E-state index in [0.717, 1.165) is 0 Å². The number of aliphatic hydroxyl groups is 1. The highest BCUT2D eigenvalue weighted by Gasteiger charge is 2.21. The first-order chi connectivity index (χ1) is 6.09. The predicted octanol–water partition coefficient (Wildman–Crippen LogP) is 0.841. The topological polar surface area (TPSA) is 54.4 Å². The molecule has 1 aromatic carbocycles. The van der Waals surface area contributed by atoms with Crippen molar-refractivity contribution >= 4 is 9.84 Å². The quantitative estimate of drug-likeness (QED) is 0.786. The molecule has 0 radical (unpaired) electrons. The van der Waals surface area contributed by atoms with Crippen LogP contribution in [0.15, 0.2) is 35.2 Å². The lowest BCUT2D eigenvalue weighted by Gasteiger charge is -2.09. The van der Waals surface area contributed by atoms with Crippen molar-refractivity contribution in [2.24, 2.45) is 0 Å². The van der Waals surface area contributed by atoms with E-state index in [2.05, 4.69) is 0 Å². The number of hydrogen-bond acceptors (Lipinski definition) is 3. The van der Waals surface area contributed by atoms with Gasteiger partial charge in [0.25, 0.3) is 0 Å². The van der Waals surface area contributed by atoms with E-state index in [1.165, 1.54) is 19.1 Å². The fraction of sp³-hybridized carbons (Fsp3) is 0.333. The average molecular weight is 200 g/mol. The molecular formula is C9H12O3S. The molecule has 72 valence electrons. The van der Waals surface area contributed by atoms with Gasteiger partial charge in [0, 0.05) is 0 Å². The molecule has 0 bridgehead atoms. The second-order valence-corrected chi connectivity index (χ2v) is 5.22. The summed E-state index contributed by atoms with van der Waals surface area (Å²) in [6.07, 6.45) is 0. The van der Waals surface area contributed by atoms with Crippen LogP contribution in [-0.4, -0.2) is 25.4 Å². The smallest absolute Gasteiger partial charge is 0.183 e. The first-order valence-electron chi connectivity index (χ1n) is 3.99. The molecule has 0 fully saturated rings. The molecule has 1 unspecified atom stereocenters. The van der Waals surface area contributed by atoms with E-state index < -0.39 is 15.1 Å². The SMILES string of the molecule is CC(CO)S(=O)(=O)c1ccccc1. The number of rotatable bonds is 3. The lowest BCUT2D eigenvalue weighted by atomic mass is 10.4. The van der Waals surface area contributed by atoms with Gasteiger partial charge >= 0.3 is 0 Å². The maximum Gasteiger partial charge on any atom is 0.183 e. The molecule has 1 atom stereocenters. The minimum absolute atomic E-state index is 0.261. The van der Waals surface area contributed by atoms with E-state index >= 15 is 0 Å². The summed E-state index contributed by atoms with van der Waals surface area (Å²) >= 11 is 0. The van der Waals surface area contributed by atoms with Crippen molar-refractivity contribution in [3.8, 4) is 0 Å². The molecule has 3 nitrogen and oxygen atoms in total. The van der Waals surface area contributed by atoms with Crippen LogP contribution in [-0.2, 0) is 9.84 Å². The number of sulfone groups is 1. The normalized spacial score (nSPS) is 14.0. The Labute approximate surface area is 77.9 Å². The highest BCUT2D eigenvalue weighted by molar-refractivity contribution is 7.92. The van der Waals surface area contributed by atoms with Gasteiger partial charge in [0.05, 0.1) is 16.8 Å². The highest BCUT2D eigenvalue weighted by atomic mass is 32.2. The molecule has 0 aliphatic carbocycles. The van der Waals surface area contributed by atoms with E-state index in [1.807, 2.05) is 0 Å². The van der Waals surface area contributed by atoms with Gasteiger partial charge in [0.1, 0.15) is 0 Å². The molecule has 0 saturated carbocycles. The molecule has 0 aliphatic rings. The van der Waals surface area contributed by atoms with Gasteiger partial charge in [0.2, 0.25) is 0 Å². The van der Waals surface area contributed by atoms with Gasteiger partial charge in [-0.15, -0.1) is 0 Å². The van der Waals surface area contributed by atoms with Crippen LogP contribution in [0, 0.1) is 0 Å². The summed E-state index contributed by atoms with van der Waals surface area (Å²) in [5.74, 6) is 0. The Hall–Kier alpha value is -0.870. The van der Waals surface area contributed by atoms with Crippen LogP contribution in [0.1, 0.15) is 6.92 Å². The van der Waals surface area contributed by atoms with E-state index in [9.17, 15) is 8.42 Å². The third-order valence-corrected chi connectivity index (χ3v) is 4.00. The summed E-state index contributed by atoms with van der Waals surface area (Å²) in [5, 5.41) is 8.01. The van der Waals surface area contributed by atoms with Gasteiger partial charge in [-0.2, -0.15) is 0 Å². The van der Waals surface area contributed by atoms with Crippen molar-refractivity contribution in [2.45, 2.75) is 17.1 Å². The molecule has 1 N–H and O–H groups in total. The molecule has 0 spiro atoms. The summed E-state index contributed by atoms with van der Waals surface area (Å²) in [6, 6.07) is 8.14. The van der Waals surface area contributed by atoms with Crippen LogP contribution in [0.2, 0.25) is 0 Å². The Morgan fingerprint density at radius 2 is 1.85 bits per heavy atom. The zero-order chi connectivity index (χ0) is 9.90. The lowest BCUT2D eigenvalue weighted by molar-refractivity contribution is 0.295. The molecule has 0 aliphatic heterocycles. The van der Waals surface area contributed by atoms with Crippen molar-refractivity contribution in [1.82, 2.24) is 0 Å². The molecule has 13 heavy (non-hydrogen) atoms. The summed E-state index contributed by atoms with van der Waals surface area (Å²) in [4.78, 5) is 0.261. The molecular weight excluding hydrogens is 188 g/mol. The minimum atomic E-state index is -3.34. The van der Waals surface area contributed by atoms with E-state index in [0.29, 0.717) is 0 Å². The van der Waals surface area contributed by atoms with Crippen molar-refractivity contribution in [3.63, 3.8) is 0 Å². The fourth-order valence-electron chi connectivity index (χ4n) is 0.941. The van der Waals surface area contributed by atoms with Crippen LogP contribution in [0.25, 0.3) is 0 Å². The summed E-state index contributed by atoms with van der Waals surface area (Å²) < 4.78 is 23.2. The number of hydrogen-bond donors (Lipinski definition) is 1. The van der Waals surface area contributed by atoms with E-state index in [-0.39, 0.29) is 11.5 Å². The van der Waals surface area contributed by atoms with Crippen molar-refractivity contribution < 1.29 is 13.5 Å². The minimum Gasteiger partial charge on any atom is -0.395 e. The third-order valence-electron chi connectivity index (χ3n) is 1.86. The first kappa shape index (κ1) is 10.2. The number of aliphatic hydroxyl groups excluding tert-OH is 1. The Morgan fingerprint density at radius 1 is 1.31 bits per heavy atom. The van der Waals surface area contributed by atoms with Gasteiger partial charge in [-0.05, 0) is 19.1 Å². The van der Waals surface area contributed by atoms with Gasteiger partial charge in [0.15, 0.2) is 9.84 Å². The van der Waals surface area contributed by atoms with Gasteiger partial charge in [-0.3, -0.25) is 0 Å². The molecule has 0 heterocycles. The monoisotopic (exact) mass is 200 g/mol. The largest absolute Gasteiger partial charge is 0.395 e. The molecule has 0 aromatic heterocycles. The predicted molar refractivity (Wildman–Crippen MR) is 50.2 cm³/mol. The van der Waals surface area contributed by atoms with Crippen LogP contribution < -0.4 is 0 Å². The third kappa shape index (κ3) is 2.08. The maximum atomic E-state index is 11.6. The molecule has 0 saturated heterocycles. The second-order valence-electron chi connectivity index (χ2n) is 2.85. The summed E-state index contributed by atoms with van der Waals surface area (Å²) in [6.45, 7) is 1.14. The molecule has 0 amide bonds. The lowest BCUT2D eigenvalue weighted by Crippen LogP contribution is -2.21. The summed E-state index contributed by atoms with van der Waals surface area (Å²) in [7, 11) is -3.34. The Morgan fingerprint density at radius 3 is 2.31 bits per heavy atom. The van der Waals surface area contributed by atoms with Gasteiger partial charge in [-0.25, -0.2) is 8.42 Å². The fourth-order valence-corrected chi connectivity index (χ4v) is 2.14. The van der Waals surface area contributed by atoms with E-state index in [1.54, 1.807) is 18.2 Å². The van der Waals surface area contributed by atoms with Crippen molar-refractivity contribution in [3.05, 3.63) is 30.3 Å². The summed E-state index contributed by atoms with van der Waals surface area (Å²) in [5.41, 5.74) is 0. The molecule has 1 aromatic rings. The highest BCUT2D eigenvalue weighted by Crippen LogP contribution is 2.14. The van der Waals surface area contributed by atoms with Crippen LogP contribution in [0.5, 0.6) is 0 Å². The van der Waals surface area contributed by atoms with Gasteiger partial charge < -0.3 is 5.11 Å². The van der Waals surface area contributed by atoms with Crippen LogP contribution in [0.3, 0.4) is 0 Å². The Balaban J connectivity index is 3.09. The standard InChI is InChI=1S/C9H12O3S/c1-8(7-10)13(11,12)9-5-3-2-4-6-9/h2-6,8,10H,7H2,1H3. The van der Waals surface area contributed by atoms with E-state index in [4.69, 9.17) is 5.11 Å². The van der Waals surface area contributed by atoms with Crippen molar-refractivity contribution in [2.75, 3.05) is 6.61 Å². The zero-order valence-electron chi connectivity index (χ0n) is 7.34. The van der Waals surface area contributed by atoms with Crippen LogP contribution in [0.4, 0.5) is 0 Å². The molecule has 4 heteroatoms. The molecule has 1 rings (SSSR count). The van der Waals surface area contributed by atoms with Gasteiger partial charge in [-0.1, -0.05) is 18.2 Å². The Kier molecular flexibility index (Phi) is 3.06. The average Bonchev–Trinajstić information content (AvgIpc) is 2.18. The second kappa shape index (κ2) is 3.89. The zero-order valence-corrected chi connectivity index (χ0v) is 8.16.